The van der Waals surface area contributed by atoms with E-state index in [1.165, 1.54) is 0 Å². The number of amides is 4. The minimum absolute atomic E-state index is 0.213. The molecular weight excluding hydrogens is 301 g/mol. The van der Waals surface area contributed by atoms with Gasteiger partial charge in [0.25, 0.3) is 0 Å². The summed E-state index contributed by atoms with van der Waals surface area (Å²) >= 11 is 5.68. The van der Waals surface area contributed by atoms with Crippen molar-refractivity contribution in [1.29, 1.82) is 0 Å². The monoisotopic (exact) mass is 306 g/mol. The molecule has 0 saturated carbocycles. The fraction of sp³-hybridized carbons (Fsp3) is 0.182. The van der Waals surface area contributed by atoms with E-state index in [9.17, 15) is 27.6 Å². The first-order valence-corrected chi connectivity index (χ1v) is 5.61. The number of hydrogen-bond acceptors (Lipinski definition) is 3. The fourth-order valence-corrected chi connectivity index (χ4v) is 1.92. The highest BCUT2D eigenvalue weighted by Gasteiger charge is 2.35. The minimum Gasteiger partial charge on any atom is -0.277 e. The third kappa shape index (κ3) is 2.60. The molecule has 1 heterocycles. The lowest BCUT2D eigenvalue weighted by atomic mass is 10.1. The Labute approximate surface area is 115 Å². The molecule has 0 bridgehead atoms. The number of urea groups is 1. The second kappa shape index (κ2) is 4.78. The van der Waals surface area contributed by atoms with Crippen LogP contribution in [0.4, 0.5) is 23.7 Å². The van der Waals surface area contributed by atoms with Crippen molar-refractivity contribution in [3.8, 4) is 0 Å². The third-order valence-corrected chi connectivity index (χ3v) is 2.83. The average Bonchev–Trinajstić information content (AvgIpc) is 2.28. The molecule has 1 saturated heterocycles. The summed E-state index contributed by atoms with van der Waals surface area (Å²) in [6.07, 6.45) is -5.17. The maximum absolute atomic E-state index is 12.5. The smallest absolute Gasteiger partial charge is 0.277 e. The first kappa shape index (κ1) is 14.3. The first-order valence-electron chi connectivity index (χ1n) is 5.23. The molecule has 0 spiro atoms. The molecule has 0 atom stereocenters. The number of halogens is 4. The zero-order chi connectivity index (χ0) is 15.1. The number of anilines is 1. The summed E-state index contributed by atoms with van der Waals surface area (Å²) in [5, 5.41) is 1.46. The average molecular weight is 307 g/mol. The third-order valence-electron chi connectivity index (χ3n) is 2.53. The van der Waals surface area contributed by atoms with Crippen LogP contribution in [-0.2, 0) is 15.8 Å². The van der Waals surface area contributed by atoms with E-state index in [0.29, 0.717) is 17.0 Å². The SMILES string of the molecule is O=C1CC(=O)N(c2ccc(C(F)(F)F)cc2Cl)C(=O)N1. The number of carbonyl (C=O) groups excluding carboxylic acids is 3. The van der Waals surface area contributed by atoms with Gasteiger partial charge in [0.15, 0.2) is 0 Å². The van der Waals surface area contributed by atoms with Crippen molar-refractivity contribution in [3.63, 3.8) is 0 Å². The zero-order valence-corrected chi connectivity index (χ0v) is 10.4. The summed E-state index contributed by atoms with van der Waals surface area (Å²) in [4.78, 5) is 34.7. The van der Waals surface area contributed by atoms with Gasteiger partial charge in [-0.1, -0.05) is 11.6 Å². The van der Waals surface area contributed by atoms with Crippen LogP contribution in [0.5, 0.6) is 0 Å². The van der Waals surface area contributed by atoms with Crippen LogP contribution >= 0.6 is 11.6 Å². The molecule has 1 fully saturated rings. The highest BCUT2D eigenvalue weighted by Crippen LogP contribution is 2.35. The molecule has 20 heavy (non-hydrogen) atoms. The van der Waals surface area contributed by atoms with Crippen molar-refractivity contribution >= 4 is 35.1 Å². The Kier molecular flexibility index (Phi) is 3.43. The predicted octanol–water partition coefficient (Wildman–Crippen LogP) is 2.33. The van der Waals surface area contributed by atoms with Crippen molar-refractivity contribution < 1.29 is 27.6 Å². The molecule has 0 radical (unpaired) electrons. The van der Waals surface area contributed by atoms with E-state index in [1.807, 2.05) is 5.32 Å². The van der Waals surface area contributed by atoms with Crippen molar-refractivity contribution in [2.75, 3.05) is 4.90 Å². The number of nitrogens with zero attached hydrogens (tertiary/aromatic N) is 1. The van der Waals surface area contributed by atoms with Crippen LogP contribution < -0.4 is 10.2 Å². The number of hydrogen-bond donors (Lipinski definition) is 1. The number of carbonyl (C=O) groups is 3. The van der Waals surface area contributed by atoms with E-state index in [1.54, 1.807) is 0 Å². The topological polar surface area (TPSA) is 66.5 Å². The molecule has 5 nitrogen and oxygen atoms in total. The molecule has 0 aliphatic carbocycles. The van der Waals surface area contributed by atoms with Gasteiger partial charge in [-0.15, -0.1) is 0 Å². The summed E-state index contributed by atoms with van der Waals surface area (Å²) in [6, 6.07) is 1.15. The van der Waals surface area contributed by atoms with Crippen LogP contribution in [0.15, 0.2) is 18.2 Å². The van der Waals surface area contributed by atoms with E-state index in [2.05, 4.69) is 0 Å². The Bertz CT molecular complexity index is 595. The van der Waals surface area contributed by atoms with E-state index in [-0.39, 0.29) is 5.69 Å². The second-order valence-electron chi connectivity index (χ2n) is 3.92. The van der Waals surface area contributed by atoms with Crippen LogP contribution in [0.3, 0.4) is 0 Å². The maximum atomic E-state index is 12.5. The highest BCUT2D eigenvalue weighted by atomic mass is 35.5. The first-order chi connectivity index (χ1) is 9.20. The van der Waals surface area contributed by atoms with Crippen molar-refractivity contribution in [1.82, 2.24) is 5.32 Å². The molecule has 1 N–H and O–H groups in total. The molecule has 1 aliphatic rings. The number of barbiturate groups is 1. The Morgan fingerprint density at radius 1 is 1.20 bits per heavy atom. The Morgan fingerprint density at radius 2 is 1.85 bits per heavy atom. The summed E-state index contributed by atoms with van der Waals surface area (Å²) in [6.45, 7) is 0. The van der Waals surface area contributed by atoms with Gasteiger partial charge in [-0.3, -0.25) is 14.9 Å². The predicted molar refractivity (Wildman–Crippen MR) is 62.1 cm³/mol. The van der Waals surface area contributed by atoms with Gasteiger partial charge in [0.1, 0.15) is 6.42 Å². The molecule has 106 valence electrons. The van der Waals surface area contributed by atoms with Gasteiger partial charge < -0.3 is 0 Å². The lowest BCUT2D eigenvalue weighted by Gasteiger charge is -2.25. The van der Waals surface area contributed by atoms with Gasteiger partial charge in [-0.25, -0.2) is 9.69 Å². The van der Waals surface area contributed by atoms with Gasteiger partial charge >= 0.3 is 12.2 Å². The molecule has 4 amide bonds. The van der Waals surface area contributed by atoms with Crippen LogP contribution in [0.2, 0.25) is 5.02 Å². The standard InChI is InChI=1S/C11H6ClF3N2O3/c12-6-3-5(11(13,14)15)1-2-7(6)17-9(19)4-8(18)16-10(17)20/h1-3H,4H2,(H,16,18,20). The number of benzene rings is 1. The molecule has 1 aliphatic heterocycles. The summed E-state index contributed by atoms with van der Waals surface area (Å²) in [5.74, 6) is -1.64. The van der Waals surface area contributed by atoms with E-state index in [4.69, 9.17) is 11.6 Å². The van der Waals surface area contributed by atoms with Gasteiger partial charge in [-0.2, -0.15) is 13.2 Å². The summed E-state index contributed by atoms with van der Waals surface area (Å²) in [5.41, 5.74) is -1.22. The van der Waals surface area contributed by atoms with Gasteiger partial charge in [-0.05, 0) is 18.2 Å². The van der Waals surface area contributed by atoms with Crippen LogP contribution in [0.25, 0.3) is 0 Å². The number of imide groups is 2. The Balaban J connectivity index is 2.41. The Morgan fingerprint density at radius 3 is 2.35 bits per heavy atom. The molecule has 2 rings (SSSR count). The van der Waals surface area contributed by atoms with Crippen molar-refractivity contribution in [2.24, 2.45) is 0 Å². The zero-order valence-electron chi connectivity index (χ0n) is 9.62. The van der Waals surface area contributed by atoms with E-state index >= 15 is 0 Å². The molecule has 0 aromatic heterocycles. The normalized spacial score (nSPS) is 16.4. The largest absolute Gasteiger partial charge is 0.416 e. The maximum Gasteiger partial charge on any atom is 0.416 e. The van der Waals surface area contributed by atoms with Gasteiger partial charge in [0.05, 0.1) is 16.3 Å². The Hall–Kier alpha value is -2.09. The molecule has 0 unspecified atom stereocenters. The lowest BCUT2D eigenvalue weighted by Crippen LogP contribution is -2.53. The quantitative estimate of drug-likeness (QED) is 0.810. The van der Waals surface area contributed by atoms with Crippen molar-refractivity contribution in [2.45, 2.75) is 12.6 Å². The summed E-state index contributed by atoms with van der Waals surface area (Å²) < 4.78 is 37.4. The number of nitrogens with one attached hydrogen (secondary N) is 1. The minimum atomic E-state index is -4.59. The molecule has 9 heteroatoms. The van der Waals surface area contributed by atoms with Crippen LogP contribution in [0, 0.1) is 0 Å². The lowest BCUT2D eigenvalue weighted by molar-refractivity contribution is -0.137. The van der Waals surface area contributed by atoms with E-state index < -0.39 is 41.0 Å². The van der Waals surface area contributed by atoms with Crippen molar-refractivity contribution in [3.05, 3.63) is 28.8 Å². The van der Waals surface area contributed by atoms with E-state index in [0.717, 1.165) is 6.07 Å². The molecule has 1 aromatic rings. The molecular formula is C11H6ClF3N2O3. The molecule has 1 aromatic carbocycles. The van der Waals surface area contributed by atoms with Crippen LogP contribution in [-0.4, -0.2) is 17.8 Å². The highest BCUT2D eigenvalue weighted by molar-refractivity contribution is 6.36. The second-order valence-corrected chi connectivity index (χ2v) is 4.33. The fourth-order valence-electron chi connectivity index (χ4n) is 1.66. The van der Waals surface area contributed by atoms with Gasteiger partial charge in [0.2, 0.25) is 11.8 Å². The number of rotatable bonds is 1. The number of alkyl halides is 3. The summed E-state index contributed by atoms with van der Waals surface area (Å²) in [7, 11) is 0. The van der Waals surface area contributed by atoms with Gasteiger partial charge in [0, 0.05) is 0 Å². The van der Waals surface area contributed by atoms with Crippen LogP contribution in [0.1, 0.15) is 12.0 Å².